The second kappa shape index (κ2) is 13.2. The molecule has 0 saturated carbocycles. The van der Waals surface area contributed by atoms with Crippen molar-refractivity contribution in [2.45, 2.75) is 6.42 Å². The molecule has 190 valence electrons. The quantitative estimate of drug-likeness (QED) is 0.176. The largest absolute Gasteiger partial charge is 0.309 e. The van der Waals surface area contributed by atoms with E-state index in [9.17, 15) is 9.59 Å². The summed E-state index contributed by atoms with van der Waals surface area (Å²) in [5.74, 6) is 2.38. The summed E-state index contributed by atoms with van der Waals surface area (Å²) in [5, 5.41) is 9.53. The Balaban J connectivity index is 1.81. The number of pyridine rings is 1. The highest BCUT2D eigenvalue weighted by Crippen LogP contribution is 2.29. The molecule has 0 fully saturated rings. The fourth-order valence-corrected chi connectivity index (χ4v) is 3.58. The monoisotopic (exact) mass is 516 g/mol. The van der Waals surface area contributed by atoms with Crippen molar-refractivity contribution in [2.75, 3.05) is 44.4 Å². The lowest BCUT2D eigenvalue weighted by molar-refractivity contribution is -0.106. The molecule has 37 heavy (non-hydrogen) atoms. The Morgan fingerprint density at radius 1 is 1.11 bits per heavy atom. The van der Waals surface area contributed by atoms with E-state index in [1.54, 1.807) is 48.7 Å². The summed E-state index contributed by atoms with van der Waals surface area (Å²) in [6.07, 6.45) is 10.4. The zero-order valence-corrected chi connectivity index (χ0v) is 21.8. The van der Waals surface area contributed by atoms with E-state index in [0.29, 0.717) is 34.2 Å². The van der Waals surface area contributed by atoms with E-state index >= 15 is 0 Å². The van der Waals surface area contributed by atoms with Crippen LogP contribution in [0.4, 0.5) is 17.2 Å². The molecule has 0 aliphatic heterocycles. The van der Waals surface area contributed by atoms with Gasteiger partial charge in [-0.1, -0.05) is 29.7 Å². The van der Waals surface area contributed by atoms with Gasteiger partial charge in [0, 0.05) is 31.0 Å². The van der Waals surface area contributed by atoms with Gasteiger partial charge in [0.2, 0.25) is 6.41 Å². The third kappa shape index (κ3) is 7.90. The molecule has 3 rings (SSSR count). The highest BCUT2D eigenvalue weighted by atomic mass is 35.5. The van der Waals surface area contributed by atoms with Crippen molar-refractivity contribution in [3.8, 4) is 12.3 Å². The number of nitrogens with zero attached hydrogens (tertiary/aromatic N) is 5. The van der Waals surface area contributed by atoms with Crippen LogP contribution < -0.4 is 10.2 Å². The Bertz CT molecular complexity index is 1280. The Kier molecular flexibility index (Phi) is 9.78. The molecule has 0 aliphatic carbocycles. The van der Waals surface area contributed by atoms with Gasteiger partial charge in [-0.15, -0.1) is 6.42 Å². The van der Waals surface area contributed by atoms with Crippen LogP contribution in [0.2, 0.25) is 5.02 Å². The van der Waals surface area contributed by atoms with Gasteiger partial charge in [0.1, 0.15) is 5.82 Å². The van der Waals surface area contributed by atoms with E-state index in [0.717, 1.165) is 25.1 Å². The van der Waals surface area contributed by atoms with Gasteiger partial charge in [-0.3, -0.25) is 14.5 Å². The first-order valence-electron chi connectivity index (χ1n) is 11.6. The Morgan fingerprint density at radius 2 is 1.86 bits per heavy atom. The molecule has 0 atom stereocenters. The Morgan fingerprint density at radius 3 is 2.49 bits per heavy atom. The van der Waals surface area contributed by atoms with Gasteiger partial charge in [-0.05, 0) is 75.1 Å². The second-order valence-corrected chi connectivity index (χ2v) is 8.98. The molecule has 0 radical (unpaired) electrons. The fourth-order valence-electron chi connectivity index (χ4n) is 3.47. The summed E-state index contributed by atoms with van der Waals surface area (Å²) in [5.41, 5.74) is 2.57. The first-order valence-corrected chi connectivity index (χ1v) is 12.0. The van der Waals surface area contributed by atoms with Crippen LogP contribution in [0.15, 0.2) is 65.9 Å². The molecular weight excluding hydrogens is 488 g/mol. The third-order valence-corrected chi connectivity index (χ3v) is 5.63. The predicted molar refractivity (Wildman–Crippen MR) is 150 cm³/mol. The van der Waals surface area contributed by atoms with Gasteiger partial charge < -0.3 is 15.2 Å². The standard InChI is InChI=1S/C28H29ClN6O2/c1-5-21-9-13-26(25(17-21)28(37)32-27-14-10-23(29)19-30-27)35(20-36)24-11-7-22(8-12-24)18-31-34(4)16-6-15-33(2)3/h1,7-14,17-20H,6,15-16H2,2-4H3,(H,30,32,37). The molecule has 2 aromatic carbocycles. The molecule has 2 amide bonds. The highest BCUT2D eigenvalue weighted by molar-refractivity contribution is 6.30. The van der Waals surface area contributed by atoms with E-state index in [-0.39, 0.29) is 5.56 Å². The number of halogens is 1. The van der Waals surface area contributed by atoms with Gasteiger partial charge in [-0.25, -0.2) is 4.98 Å². The van der Waals surface area contributed by atoms with Crippen LogP contribution in [0.3, 0.4) is 0 Å². The zero-order valence-electron chi connectivity index (χ0n) is 21.1. The molecule has 3 aromatic rings. The molecule has 0 unspecified atom stereocenters. The minimum absolute atomic E-state index is 0.226. The average molecular weight is 517 g/mol. The number of hydrogen-bond donors (Lipinski definition) is 1. The van der Waals surface area contributed by atoms with Gasteiger partial charge in [0.25, 0.3) is 5.91 Å². The zero-order chi connectivity index (χ0) is 26.8. The maximum Gasteiger partial charge on any atom is 0.258 e. The number of terminal acetylenes is 1. The average Bonchev–Trinajstić information content (AvgIpc) is 2.89. The van der Waals surface area contributed by atoms with Crippen molar-refractivity contribution < 1.29 is 9.59 Å². The van der Waals surface area contributed by atoms with Crippen LogP contribution in [0, 0.1) is 12.3 Å². The highest BCUT2D eigenvalue weighted by Gasteiger charge is 2.19. The summed E-state index contributed by atoms with van der Waals surface area (Å²) in [6.45, 7) is 1.84. The number of hydrogen-bond acceptors (Lipinski definition) is 6. The number of anilines is 3. The molecule has 0 bridgehead atoms. The van der Waals surface area contributed by atoms with Crippen molar-refractivity contribution in [1.82, 2.24) is 14.9 Å². The minimum atomic E-state index is -0.463. The molecule has 8 nitrogen and oxygen atoms in total. The van der Waals surface area contributed by atoms with Crippen LogP contribution in [-0.2, 0) is 4.79 Å². The molecule has 1 heterocycles. The number of benzene rings is 2. The predicted octanol–water partition coefficient (Wildman–Crippen LogP) is 4.48. The summed E-state index contributed by atoms with van der Waals surface area (Å²) in [6, 6.07) is 15.4. The molecule has 1 N–H and O–H groups in total. The molecule has 1 aromatic heterocycles. The molecular formula is C28H29ClN6O2. The van der Waals surface area contributed by atoms with Gasteiger partial charge in [-0.2, -0.15) is 5.10 Å². The number of carbonyl (C=O) groups is 2. The van der Waals surface area contributed by atoms with Crippen LogP contribution in [0.5, 0.6) is 0 Å². The number of rotatable bonds is 11. The lowest BCUT2D eigenvalue weighted by Gasteiger charge is -2.21. The topological polar surface area (TPSA) is 81.1 Å². The van der Waals surface area contributed by atoms with E-state index in [1.165, 1.54) is 11.1 Å². The maximum atomic E-state index is 13.1. The Labute approximate surface area is 222 Å². The SMILES string of the molecule is C#Cc1ccc(N(C=O)c2ccc(C=NN(C)CCCN(C)C)cc2)c(C(=O)Nc2ccc(Cl)cn2)c1. The lowest BCUT2D eigenvalue weighted by Crippen LogP contribution is -2.21. The van der Waals surface area contributed by atoms with Crippen molar-refractivity contribution in [3.05, 3.63) is 82.5 Å². The summed E-state index contributed by atoms with van der Waals surface area (Å²) in [4.78, 5) is 32.9. The second-order valence-electron chi connectivity index (χ2n) is 8.54. The smallest absolute Gasteiger partial charge is 0.258 e. The van der Waals surface area contributed by atoms with Crippen molar-refractivity contribution in [1.29, 1.82) is 0 Å². The van der Waals surface area contributed by atoms with Gasteiger partial charge in [0.05, 0.1) is 22.5 Å². The van der Waals surface area contributed by atoms with Crippen molar-refractivity contribution in [3.63, 3.8) is 0 Å². The van der Waals surface area contributed by atoms with E-state index in [1.807, 2.05) is 38.3 Å². The van der Waals surface area contributed by atoms with Crippen molar-refractivity contribution in [2.24, 2.45) is 5.10 Å². The lowest BCUT2D eigenvalue weighted by atomic mass is 10.1. The summed E-state index contributed by atoms with van der Waals surface area (Å²) >= 11 is 5.88. The van der Waals surface area contributed by atoms with Crippen molar-refractivity contribution >= 4 is 47.3 Å². The van der Waals surface area contributed by atoms with Gasteiger partial charge >= 0.3 is 0 Å². The molecule has 0 aliphatic rings. The van der Waals surface area contributed by atoms with Crippen LogP contribution >= 0.6 is 11.6 Å². The summed E-state index contributed by atoms with van der Waals surface area (Å²) < 4.78 is 0. The minimum Gasteiger partial charge on any atom is -0.309 e. The third-order valence-electron chi connectivity index (χ3n) is 5.40. The molecule has 9 heteroatoms. The van der Waals surface area contributed by atoms with Crippen LogP contribution in [0.1, 0.15) is 27.9 Å². The number of amides is 2. The summed E-state index contributed by atoms with van der Waals surface area (Å²) in [7, 11) is 6.02. The normalized spacial score (nSPS) is 10.8. The molecule has 0 saturated heterocycles. The number of carbonyl (C=O) groups excluding carboxylic acids is 2. The first kappa shape index (κ1) is 27.4. The van der Waals surface area contributed by atoms with E-state index in [2.05, 4.69) is 26.2 Å². The van der Waals surface area contributed by atoms with Gasteiger partial charge in [0.15, 0.2) is 0 Å². The Hall–Kier alpha value is -4.19. The van der Waals surface area contributed by atoms with E-state index < -0.39 is 5.91 Å². The maximum absolute atomic E-state index is 13.1. The van der Waals surface area contributed by atoms with Crippen LogP contribution in [-0.4, -0.2) is 67.7 Å². The number of aromatic nitrogens is 1. The number of nitrogens with one attached hydrogen (secondary N) is 1. The number of hydrazone groups is 1. The molecule has 0 spiro atoms. The van der Waals surface area contributed by atoms with E-state index in [4.69, 9.17) is 18.0 Å². The first-order chi connectivity index (χ1) is 17.8. The fraction of sp³-hybridized carbons (Fsp3) is 0.214. The van der Waals surface area contributed by atoms with Crippen LogP contribution in [0.25, 0.3) is 0 Å².